The number of carbonyl (C=O) groups is 1. The zero-order chi connectivity index (χ0) is 14.8. The van der Waals surface area contributed by atoms with Gasteiger partial charge >= 0.3 is 5.97 Å². The number of aliphatic carboxylic acids is 1. The standard InChI is InChI=1S/C14H17N3O3/c1-14(2,13(18)19)8-10-9-15-16-17(10)11-6-4-5-7-12(11)20-3/h4-7,9H,8H2,1-3H3,(H,18,19). The van der Waals surface area contributed by atoms with Gasteiger partial charge in [0.1, 0.15) is 11.4 Å². The number of hydrogen-bond donors (Lipinski definition) is 1. The fraction of sp³-hybridized carbons (Fsp3) is 0.357. The molecule has 0 bridgehead atoms. The van der Waals surface area contributed by atoms with Gasteiger partial charge in [-0.2, -0.15) is 0 Å². The molecule has 0 aliphatic carbocycles. The van der Waals surface area contributed by atoms with E-state index in [9.17, 15) is 9.90 Å². The van der Waals surface area contributed by atoms with E-state index in [-0.39, 0.29) is 0 Å². The van der Waals surface area contributed by atoms with Crippen molar-refractivity contribution in [3.8, 4) is 11.4 Å². The number of aromatic nitrogens is 3. The minimum absolute atomic E-state index is 0.327. The molecular formula is C14H17N3O3. The van der Waals surface area contributed by atoms with E-state index < -0.39 is 11.4 Å². The highest BCUT2D eigenvalue weighted by Crippen LogP contribution is 2.26. The molecular weight excluding hydrogens is 258 g/mol. The monoisotopic (exact) mass is 275 g/mol. The van der Waals surface area contributed by atoms with Crippen LogP contribution in [0.15, 0.2) is 30.5 Å². The summed E-state index contributed by atoms with van der Waals surface area (Å²) in [6.07, 6.45) is 1.91. The van der Waals surface area contributed by atoms with Crippen molar-refractivity contribution in [1.82, 2.24) is 15.0 Å². The zero-order valence-electron chi connectivity index (χ0n) is 11.7. The Morgan fingerprint density at radius 1 is 1.40 bits per heavy atom. The van der Waals surface area contributed by atoms with Crippen LogP contribution in [0, 0.1) is 5.41 Å². The van der Waals surface area contributed by atoms with Gasteiger partial charge in [-0.05, 0) is 26.0 Å². The number of methoxy groups -OCH3 is 1. The lowest BCUT2D eigenvalue weighted by Crippen LogP contribution is -2.27. The second-order valence-electron chi connectivity index (χ2n) is 5.17. The van der Waals surface area contributed by atoms with Gasteiger partial charge in [0.05, 0.1) is 24.4 Å². The highest BCUT2D eigenvalue weighted by molar-refractivity contribution is 5.74. The van der Waals surface area contributed by atoms with Gasteiger partial charge < -0.3 is 9.84 Å². The van der Waals surface area contributed by atoms with E-state index in [1.165, 1.54) is 0 Å². The van der Waals surface area contributed by atoms with E-state index >= 15 is 0 Å². The SMILES string of the molecule is COc1ccccc1-n1nncc1CC(C)(C)C(=O)O. The van der Waals surface area contributed by atoms with Gasteiger partial charge in [0, 0.05) is 6.42 Å². The van der Waals surface area contributed by atoms with E-state index in [0.717, 1.165) is 11.4 Å². The number of carboxylic acid groups (broad SMARTS) is 1. The third-order valence-corrected chi connectivity index (χ3v) is 3.14. The van der Waals surface area contributed by atoms with Crippen LogP contribution in [-0.4, -0.2) is 33.2 Å². The summed E-state index contributed by atoms with van der Waals surface area (Å²) in [5, 5.41) is 17.1. The maximum atomic E-state index is 11.2. The van der Waals surface area contributed by atoms with Crippen LogP contribution in [0.1, 0.15) is 19.5 Å². The van der Waals surface area contributed by atoms with Crippen molar-refractivity contribution >= 4 is 5.97 Å². The van der Waals surface area contributed by atoms with Crippen molar-refractivity contribution < 1.29 is 14.6 Å². The minimum Gasteiger partial charge on any atom is -0.494 e. The first-order valence-corrected chi connectivity index (χ1v) is 6.22. The van der Waals surface area contributed by atoms with Crippen molar-refractivity contribution in [2.45, 2.75) is 20.3 Å². The average Bonchev–Trinajstić information content (AvgIpc) is 2.85. The molecule has 1 N–H and O–H groups in total. The molecule has 1 aromatic heterocycles. The number of ether oxygens (including phenoxy) is 1. The van der Waals surface area contributed by atoms with Crippen LogP contribution in [0.3, 0.4) is 0 Å². The maximum Gasteiger partial charge on any atom is 0.309 e. The number of rotatable bonds is 5. The number of benzene rings is 1. The topological polar surface area (TPSA) is 77.2 Å². The molecule has 0 radical (unpaired) electrons. The first-order chi connectivity index (χ1) is 9.45. The highest BCUT2D eigenvalue weighted by Gasteiger charge is 2.29. The lowest BCUT2D eigenvalue weighted by atomic mass is 9.88. The zero-order valence-corrected chi connectivity index (χ0v) is 11.7. The number of nitrogens with zero attached hydrogens (tertiary/aromatic N) is 3. The van der Waals surface area contributed by atoms with Crippen molar-refractivity contribution in [1.29, 1.82) is 0 Å². The van der Waals surface area contributed by atoms with Crippen LogP contribution < -0.4 is 4.74 Å². The summed E-state index contributed by atoms with van der Waals surface area (Å²) in [6, 6.07) is 7.40. The van der Waals surface area contributed by atoms with Crippen LogP contribution >= 0.6 is 0 Å². The van der Waals surface area contributed by atoms with E-state index in [1.54, 1.807) is 31.8 Å². The van der Waals surface area contributed by atoms with Crippen molar-refractivity contribution in [2.75, 3.05) is 7.11 Å². The summed E-state index contributed by atoms with van der Waals surface area (Å²) >= 11 is 0. The first kappa shape index (κ1) is 14.0. The summed E-state index contributed by atoms with van der Waals surface area (Å²) in [5.74, 6) is -0.197. The molecule has 6 nitrogen and oxygen atoms in total. The summed E-state index contributed by atoms with van der Waals surface area (Å²) < 4.78 is 6.91. The molecule has 0 unspecified atom stereocenters. The lowest BCUT2D eigenvalue weighted by Gasteiger charge is -2.19. The molecule has 0 fully saturated rings. The van der Waals surface area contributed by atoms with Crippen molar-refractivity contribution in [3.63, 3.8) is 0 Å². The minimum atomic E-state index is -0.887. The predicted octanol–water partition coefficient (Wildman–Crippen LogP) is 1.93. The Balaban J connectivity index is 2.41. The van der Waals surface area contributed by atoms with Crippen LogP contribution in [0.4, 0.5) is 0 Å². The molecule has 106 valence electrons. The third kappa shape index (κ3) is 2.64. The Hall–Kier alpha value is -2.37. The Bertz CT molecular complexity index is 620. The van der Waals surface area contributed by atoms with Crippen LogP contribution in [0.2, 0.25) is 0 Å². The Morgan fingerprint density at radius 3 is 2.75 bits per heavy atom. The summed E-state index contributed by atoms with van der Waals surface area (Å²) in [7, 11) is 1.58. The molecule has 0 amide bonds. The Kier molecular flexibility index (Phi) is 3.74. The summed E-state index contributed by atoms with van der Waals surface area (Å²) in [5.41, 5.74) is 0.576. The molecule has 0 spiro atoms. The van der Waals surface area contributed by atoms with Gasteiger partial charge in [-0.25, -0.2) is 4.68 Å². The molecule has 1 heterocycles. The quantitative estimate of drug-likeness (QED) is 0.902. The van der Waals surface area contributed by atoms with Gasteiger partial charge in [0.15, 0.2) is 0 Å². The number of hydrogen-bond acceptors (Lipinski definition) is 4. The maximum absolute atomic E-state index is 11.2. The molecule has 0 aliphatic rings. The molecule has 6 heteroatoms. The van der Waals surface area contributed by atoms with Gasteiger partial charge in [-0.1, -0.05) is 17.3 Å². The van der Waals surface area contributed by atoms with E-state index in [1.807, 2.05) is 24.3 Å². The van der Waals surface area contributed by atoms with Gasteiger partial charge in [-0.15, -0.1) is 5.10 Å². The molecule has 0 atom stereocenters. The molecule has 2 aromatic rings. The second kappa shape index (κ2) is 5.32. The average molecular weight is 275 g/mol. The molecule has 0 saturated carbocycles. The van der Waals surface area contributed by atoms with Gasteiger partial charge in [-0.3, -0.25) is 4.79 Å². The van der Waals surface area contributed by atoms with Crippen LogP contribution in [-0.2, 0) is 11.2 Å². The smallest absolute Gasteiger partial charge is 0.309 e. The highest BCUT2D eigenvalue weighted by atomic mass is 16.5. The van der Waals surface area contributed by atoms with E-state index in [4.69, 9.17) is 4.74 Å². The molecule has 0 saturated heterocycles. The van der Waals surface area contributed by atoms with Crippen molar-refractivity contribution in [3.05, 3.63) is 36.2 Å². The van der Waals surface area contributed by atoms with E-state index in [0.29, 0.717) is 12.2 Å². The fourth-order valence-electron chi connectivity index (χ4n) is 1.91. The molecule has 0 aliphatic heterocycles. The number of para-hydroxylation sites is 2. The van der Waals surface area contributed by atoms with E-state index in [2.05, 4.69) is 10.3 Å². The first-order valence-electron chi connectivity index (χ1n) is 6.22. The van der Waals surface area contributed by atoms with Crippen molar-refractivity contribution in [2.24, 2.45) is 5.41 Å². The summed E-state index contributed by atoms with van der Waals surface area (Å²) in [4.78, 5) is 11.2. The molecule has 20 heavy (non-hydrogen) atoms. The lowest BCUT2D eigenvalue weighted by molar-refractivity contribution is -0.146. The van der Waals surface area contributed by atoms with Gasteiger partial charge in [0.25, 0.3) is 0 Å². The number of carboxylic acids is 1. The van der Waals surface area contributed by atoms with Crippen LogP contribution in [0.5, 0.6) is 5.75 Å². The summed E-state index contributed by atoms with van der Waals surface area (Å²) in [6.45, 7) is 3.35. The predicted molar refractivity (Wildman–Crippen MR) is 73.0 cm³/mol. The second-order valence-corrected chi connectivity index (χ2v) is 5.17. The largest absolute Gasteiger partial charge is 0.494 e. The Labute approximate surface area is 117 Å². The van der Waals surface area contributed by atoms with Gasteiger partial charge in [0.2, 0.25) is 0 Å². The normalized spacial score (nSPS) is 11.3. The fourth-order valence-corrected chi connectivity index (χ4v) is 1.91. The third-order valence-electron chi connectivity index (χ3n) is 3.14. The molecule has 1 aromatic carbocycles. The Morgan fingerprint density at radius 2 is 2.10 bits per heavy atom. The van der Waals surface area contributed by atoms with Crippen LogP contribution in [0.25, 0.3) is 5.69 Å². The molecule has 2 rings (SSSR count).